The number of rotatable bonds is 6. The van der Waals surface area contributed by atoms with E-state index in [2.05, 4.69) is 30.6 Å². The normalized spacial score (nSPS) is 13.6. The van der Waals surface area contributed by atoms with Gasteiger partial charge in [0, 0.05) is 13.1 Å². The lowest BCUT2D eigenvalue weighted by atomic mass is 10.00. The van der Waals surface area contributed by atoms with Gasteiger partial charge in [-0.3, -0.25) is 10.1 Å². The zero-order valence-electron chi connectivity index (χ0n) is 12.6. The first-order chi connectivity index (χ1) is 9.47. The third-order valence-corrected chi connectivity index (χ3v) is 3.26. The van der Waals surface area contributed by atoms with E-state index in [1.165, 1.54) is 0 Å². The van der Waals surface area contributed by atoms with E-state index in [0.29, 0.717) is 11.5 Å². The Bertz CT molecular complexity index is 473. The van der Waals surface area contributed by atoms with Crippen LogP contribution in [0, 0.1) is 17.2 Å². The lowest BCUT2D eigenvalue weighted by Crippen LogP contribution is -2.44. The molecular formula is C16H23N3O. The molecule has 0 bridgehead atoms. The van der Waals surface area contributed by atoms with Crippen LogP contribution in [0.5, 0.6) is 0 Å². The second-order valence-corrected chi connectivity index (χ2v) is 5.42. The minimum absolute atomic E-state index is 0.0131. The summed E-state index contributed by atoms with van der Waals surface area (Å²) in [7, 11) is 1.66. The van der Waals surface area contributed by atoms with Crippen LogP contribution in [-0.2, 0) is 4.79 Å². The number of benzene rings is 1. The molecule has 0 aliphatic heterocycles. The quantitative estimate of drug-likeness (QED) is 0.836. The van der Waals surface area contributed by atoms with Crippen LogP contribution >= 0.6 is 0 Å². The zero-order chi connectivity index (χ0) is 15.1. The van der Waals surface area contributed by atoms with Gasteiger partial charge < -0.3 is 5.32 Å². The number of nitriles is 1. The molecule has 1 amide bonds. The summed E-state index contributed by atoms with van der Waals surface area (Å²) in [6.07, 6.45) is 0.792. The van der Waals surface area contributed by atoms with E-state index in [4.69, 9.17) is 5.26 Å². The molecule has 2 unspecified atom stereocenters. The zero-order valence-corrected chi connectivity index (χ0v) is 12.6. The van der Waals surface area contributed by atoms with Crippen LogP contribution in [0.1, 0.15) is 44.4 Å². The van der Waals surface area contributed by atoms with E-state index in [1.807, 2.05) is 19.1 Å². The molecule has 0 saturated carbocycles. The number of carbonyl (C=O) groups excluding carboxylic acids is 1. The molecule has 0 spiro atoms. The maximum Gasteiger partial charge on any atom is 0.236 e. The molecule has 0 saturated heterocycles. The third-order valence-electron chi connectivity index (χ3n) is 3.26. The van der Waals surface area contributed by atoms with Gasteiger partial charge in [-0.05, 0) is 37.0 Å². The van der Waals surface area contributed by atoms with E-state index >= 15 is 0 Å². The maximum atomic E-state index is 11.9. The van der Waals surface area contributed by atoms with Gasteiger partial charge in [0.25, 0.3) is 0 Å². The summed E-state index contributed by atoms with van der Waals surface area (Å²) in [6, 6.07) is 9.40. The van der Waals surface area contributed by atoms with Crippen LogP contribution < -0.4 is 10.6 Å². The van der Waals surface area contributed by atoms with Crippen molar-refractivity contribution in [2.24, 2.45) is 5.92 Å². The van der Waals surface area contributed by atoms with Gasteiger partial charge >= 0.3 is 0 Å². The number of hydrogen-bond donors (Lipinski definition) is 2. The number of carbonyl (C=O) groups is 1. The van der Waals surface area contributed by atoms with Gasteiger partial charge in [0.15, 0.2) is 0 Å². The summed E-state index contributed by atoms with van der Waals surface area (Å²) in [5.74, 6) is 0.456. The second kappa shape index (κ2) is 7.66. The molecule has 1 aromatic rings. The lowest BCUT2D eigenvalue weighted by Gasteiger charge is -2.24. The number of nitrogens with zero attached hydrogens (tertiary/aromatic N) is 1. The van der Waals surface area contributed by atoms with Crippen molar-refractivity contribution in [1.82, 2.24) is 10.6 Å². The van der Waals surface area contributed by atoms with E-state index in [-0.39, 0.29) is 18.0 Å². The molecule has 0 aliphatic rings. The first kappa shape index (κ1) is 16.2. The van der Waals surface area contributed by atoms with Crippen LogP contribution in [0.3, 0.4) is 0 Å². The van der Waals surface area contributed by atoms with Gasteiger partial charge in [0.2, 0.25) is 5.91 Å². The maximum absolute atomic E-state index is 11.9. The summed E-state index contributed by atoms with van der Waals surface area (Å²) in [5, 5.41) is 14.9. The predicted molar refractivity (Wildman–Crippen MR) is 80.0 cm³/mol. The first-order valence-electron chi connectivity index (χ1n) is 6.95. The Hall–Kier alpha value is -1.86. The topological polar surface area (TPSA) is 64.9 Å². The van der Waals surface area contributed by atoms with Crippen molar-refractivity contribution in [3.8, 4) is 6.07 Å². The van der Waals surface area contributed by atoms with Crippen LogP contribution in [0.25, 0.3) is 0 Å². The van der Waals surface area contributed by atoms with Crippen LogP contribution in [0.15, 0.2) is 24.3 Å². The van der Waals surface area contributed by atoms with Crippen molar-refractivity contribution >= 4 is 5.91 Å². The number of amides is 1. The smallest absolute Gasteiger partial charge is 0.236 e. The largest absolute Gasteiger partial charge is 0.358 e. The second-order valence-electron chi connectivity index (χ2n) is 5.42. The third kappa shape index (κ3) is 4.67. The molecule has 0 aliphatic carbocycles. The molecule has 0 aromatic heterocycles. The van der Waals surface area contributed by atoms with Gasteiger partial charge in [-0.25, -0.2) is 0 Å². The first-order valence-corrected chi connectivity index (χ1v) is 6.95. The molecule has 4 nitrogen and oxygen atoms in total. The Morgan fingerprint density at radius 1 is 1.25 bits per heavy atom. The fraction of sp³-hybridized carbons (Fsp3) is 0.500. The van der Waals surface area contributed by atoms with Crippen molar-refractivity contribution in [3.63, 3.8) is 0 Å². The predicted octanol–water partition coefficient (Wildman–Crippen LogP) is 2.37. The average molecular weight is 273 g/mol. The van der Waals surface area contributed by atoms with Gasteiger partial charge in [-0.15, -0.1) is 0 Å². The van der Waals surface area contributed by atoms with Crippen LogP contribution in [0.2, 0.25) is 0 Å². The molecule has 0 radical (unpaired) electrons. The minimum Gasteiger partial charge on any atom is -0.358 e. The minimum atomic E-state index is -0.203. The van der Waals surface area contributed by atoms with Crippen molar-refractivity contribution in [3.05, 3.63) is 35.4 Å². The highest BCUT2D eigenvalue weighted by Gasteiger charge is 2.20. The van der Waals surface area contributed by atoms with E-state index in [9.17, 15) is 4.79 Å². The summed E-state index contributed by atoms with van der Waals surface area (Å²) in [4.78, 5) is 11.9. The molecule has 108 valence electrons. The lowest BCUT2D eigenvalue weighted by molar-refractivity contribution is -0.123. The highest BCUT2D eigenvalue weighted by atomic mass is 16.2. The Labute approximate surface area is 121 Å². The van der Waals surface area contributed by atoms with E-state index in [0.717, 1.165) is 12.0 Å². The summed E-state index contributed by atoms with van der Waals surface area (Å²) in [6.45, 7) is 6.23. The number of likely N-dealkylation sites (N-methyl/N-ethyl adjacent to an activating group) is 1. The highest BCUT2D eigenvalue weighted by Crippen LogP contribution is 2.16. The summed E-state index contributed by atoms with van der Waals surface area (Å²) >= 11 is 0. The van der Waals surface area contributed by atoms with E-state index < -0.39 is 0 Å². The molecule has 0 fully saturated rings. The molecule has 20 heavy (non-hydrogen) atoms. The van der Waals surface area contributed by atoms with Crippen LogP contribution in [-0.4, -0.2) is 19.0 Å². The van der Waals surface area contributed by atoms with Gasteiger partial charge in [-0.1, -0.05) is 26.0 Å². The molecular weight excluding hydrogens is 250 g/mol. The standard InChI is InChI=1S/C16H23N3O/c1-11(2)9-15(16(20)18-4)19-12(3)14-7-5-13(10-17)6-8-14/h5-8,11-12,15,19H,9H2,1-4H3,(H,18,20). The van der Waals surface area contributed by atoms with Gasteiger partial charge in [0.1, 0.15) is 0 Å². The SMILES string of the molecule is CNC(=O)C(CC(C)C)NC(C)c1ccc(C#N)cc1. The average Bonchev–Trinajstić information content (AvgIpc) is 2.45. The molecule has 2 atom stereocenters. The van der Waals surface area contributed by atoms with Crippen molar-refractivity contribution in [1.29, 1.82) is 5.26 Å². The van der Waals surface area contributed by atoms with Crippen molar-refractivity contribution in [2.45, 2.75) is 39.3 Å². The van der Waals surface area contributed by atoms with Crippen LogP contribution in [0.4, 0.5) is 0 Å². The number of nitrogens with one attached hydrogen (secondary N) is 2. The Morgan fingerprint density at radius 2 is 1.85 bits per heavy atom. The summed E-state index contributed by atoms with van der Waals surface area (Å²) < 4.78 is 0. The molecule has 1 aromatic carbocycles. The monoisotopic (exact) mass is 273 g/mol. The molecule has 4 heteroatoms. The Morgan fingerprint density at radius 3 is 2.30 bits per heavy atom. The fourth-order valence-corrected chi connectivity index (χ4v) is 2.14. The molecule has 1 rings (SSSR count). The fourth-order valence-electron chi connectivity index (χ4n) is 2.14. The van der Waals surface area contributed by atoms with Crippen molar-refractivity contribution < 1.29 is 4.79 Å². The summed E-state index contributed by atoms with van der Waals surface area (Å²) in [5.41, 5.74) is 1.72. The Kier molecular flexibility index (Phi) is 6.20. The Balaban J connectivity index is 2.76. The van der Waals surface area contributed by atoms with E-state index in [1.54, 1.807) is 19.2 Å². The van der Waals surface area contributed by atoms with Crippen molar-refractivity contribution in [2.75, 3.05) is 7.05 Å². The molecule has 2 N–H and O–H groups in total. The van der Waals surface area contributed by atoms with Gasteiger partial charge in [-0.2, -0.15) is 5.26 Å². The van der Waals surface area contributed by atoms with Gasteiger partial charge in [0.05, 0.1) is 17.7 Å². The number of hydrogen-bond acceptors (Lipinski definition) is 3. The molecule has 0 heterocycles. The highest BCUT2D eigenvalue weighted by molar-refractivity contribution is 5.81.